The van der Waals surface area contributed by atoms with Crippen LogP contribution in [0.1, 0.15) is 71.9 Å². The van der Waals surface area contributed by atoms with E-state index in [1.54, 1.807) is 6.07 Å². The number of nitriles is 4. The third-order valence-corrected chi connectivity index (χ3v) is 6.29. The van der Waals surface area contributed by atoms with Crippen LogP contribution in [0.2, 0.25) is 0 Å². The average molecular weight is 388 g/mol. The summed E-state index contributed by atoms with van der Waals surface area (Å²) in [6, 6.07) is 12.4. The molecule has 2 aromatic rings. The molecule has 144 valence electrons. The Hall–Kier alpha value is -3.86. The number of fused-ring (bicyclic) bond motifs is 6. The maximum Gasteiger partial charge on any atom is 0.102 e. The van der Waals surface area contributed by atoms with E-state index in [1.807, 2.05) is 6.07 Å². The highest BCUT2D eigenvalue weighted by Crippen LogP contribution is 2.37. The van der Waals surface area contributed by atoms with Gasteiger partial charge in [0.15, 0.2) is 0 Å². The van der Waals surface area contributed by atoms with Crippen molar-refractivity contribution in [3.63, 3.8) is 0 Å². The van der Waals surface area contributed by atoms with Crippen molar-refractivity contribution in [3.8, 4) is 24.3 Å². The van der Waals surface area contributed by atoms with Crippen LogP contribution in [0.5, 0.6) is 0 Å². The fraction of sp³-hybridized carbons (Fsp3) is 0.308. The van der Waals surface area contributed by atoms with E-state index in [-0.39, 0.29) is 16.7 Å². The standard InChI is InChI=1S/C26H20N4/c27-13-20-12-11-19-5-1-3-17-7-9-18(10-8-17)4-2-6-21-22(14-28)23(15-29)24(16-30)25(19)26(20)21/h7,9,11-12H,1-6,8,10H2. The quantitative estimate of drug-likeness (QED) is 0.584. The summed E-state index contributed by atoms with van der Waals surface area (Å²) in [6.07, 6.45) is 11.8. The van der Waals surface area contributed by atoms with Gasteiger partial charge < -0.3 is 0 Å². The first-order chi connectivity index (χ1) is 14.7. The molecule has 0 N–H and O–H groups in total. The summed E-state index contributed by atoms with van der Waals surface area (Å²) in [5.41, 5.74) is 5.69. The maximum atomic E-state index is 9.92. The number of aryl methyl sites for hydroxylation is 2. The van der Waals surface area contributed by atoms with Crippen LogP contribution in [0.25, 0.3) is 10.8 Å². The zero-order valence-electron chi connectivity index (χ0n) is 16.8. The minimum Gasteiger partial charge on any atom is -0.192 e. The normalized spacial score (nSPS) is 15.9. The second-order valence-corrected chi connectivity index (χ2v) is 7.93. The van der Waals surface area contributed by atoms with Gasteiger partial charge in [0.1, 0.15) is 18.2 Å². The molecule has 0 amide bonds. The summed E-state index contributed by atoms with van der Waals surface area (Å²) in [6.45, 7) is 0. The molecule has 5 rings (SSSR count). The minimum atomic E-state index is 0.148. The lowest BCUT2D eigenvalue weighted by Gasteiger charge is -2.19. The second-order valence-electron chi connectivity index (χ2n) is 7.93. The van der Waals surface area contributed by atoms with Gasteiger partial charge in [0.2, 0.25) is 0 Å². The van der Waals surface area contributed by atoms with E-state index in [0.717, 1.165) is 56.1 Å². The van der Waals surface area contributed by atoms with Gasteiger partial charge in [0, 0.05) is 10.8 Å². The Balaban J connectivity index is 2.04. The molecule has 4 heteroatoms. The van der Waals surface area contributed by atoms with Crippen LogP contribution in [-0.2, 0) is 12.8 Å². The zero-order valence-corrected chi connectivity index (χ0v) is 16.8. The molecular formula is C26H20N4. The molecule has 30 heavy (non-hydrogen) atoms. The molecule has 0 unspecified atom stereocenters. The van der Waals surface area contributed by atoms with E-state index in [9.17, 15) is 21.0 Å². The molecule has 0 saturated heterocycles. The predicted molar refractivity (Wildman–Crippen MR) is 114 cm³/mol. The third-order valence-electron chi connectivity index (χ3n) is 6.29. The number of rotatable bonds is 0. The fourth-order valence-electron chi connectivity index (χ4n) is 4.81. The van der Waals surface area contributed by atoms with E-state index in [1.165, 1.54) is 11.1 Å². The summed E-state index contributed by atoms with van der Waals surface area (Å²) >= 11 is 0. The lowest BCUT2D eigenvalue weighted by molar-refractivity contribution is 0.720. The highest BCUT2D eigenvalue weighted by molar-refractivity contribution is 6.00. The maximum absolute atomic E-state index is 9.92. The van der Waals surface area contributed by atoms with E-state index >= 15 is 0 Å². The van der Waals surface area contributed by atoms with Gasteiger partial charge >= 0.3 is 0 Å². The topological polar surface area (TPSA) is 95.2 Å². The fourth-order valence-corrected chi connectivity index (χ4v) is 4.81. The molecule has 2 aromatic carbocycles. The smallest absolute Gasteiger partial charge is 0.102 e. The van der Waals surface area contributed by atoms with Crippen molar-refractivity contribution in [2.75, 3.05) is 0 Å². The zero-order chi connectivity index (χ0) is 21.1. The van der Waals surface area contributed by atoms with Crippen LogP contribution in [0.4, 0.5) is 0 Å². The Labute approximate surface area is 176 Å². The van der Waals surface area contributed by atoms with Crippen LogP contribution in [-0.4, -0.2) is 0 Å². The number of benzene rings is 2. The first kappa shape index (κ1) is 19.5. The first-order valence-corrected chi connectivity index (χ1v) is 10.3. The van der Waals surface area contributed by atoms with Crippen LogP contribution >= 0.6 is 0 Å². The first-order valence-electron chi connectivity index (χ1n) is 10.3. The van der Waals surface area contributed by atoms with Crippen molar-refractivity contribution in [3.05, 3.63) is 68.8 Å². The van der Waals surface area contributed by atoms with Crippen molar-refractivity contribution >= 4 is 10.8 Å². The Morgan fingerprint density at radius 3 is 1.77 bits per heavy atom. The molecule has 0 heterocycles. The molecule has 0 aromatic heterocycles. The molecule has 3 aliphatic rings. The van der Waals surface area contributed by atoms with E-state index < -0.39 is 0 Å². The van der Waals surface area contributed by atoms with Gasteiger partial charge in [-0.1, -0.05) is 29.4 Å². The summed E-state index contributed by atoms with van der Waals surface area (Å²) in [7, 11) is 0. The van der Waals surface area contributed by atoms with Crippen LogP contribution < -0.4 is 0 Å². The molecule has 0 atom stereocenters. The minimum absolute atomic E-state index is 0.148. The molecule has 0 aliphatic heterocycles. The van der Waals surface area contributed by atoms with Crippen LogP contribution in [0.3, 0.4) is 0 Å². The summed E-state index contributed by atoms with van der Waals surface area (Å²) in [4.78, 5) is 0. The Kier molecular flexibility index (Phi) is 5.35. The van der Waals surface area contributed by atoms with Gasteiger partial charge in [0.25, 0.3) is 0 Å². The number of allylic oxidation sites excluding steroid dienone is 4. The number of hydrogen-bond donors (Lipinski definition) is 0. The lowest BCUT2D eigenvalue weighted by Crippen LogP contribution is -2.06. The summed E-state index contributed by atoms with van der Waals surface area (Å²) < 4.78 is 0. The van der Waals surface area contributed by atoms with Gasteiger partial charge in [0.05, 0.1) is 28.3 Å². The van der Waals surface area contributed by atoms with Gasteiger partial charge in [-0.05, 0) is 68.6 Å². The molecular weight excluding hydrogens is 368 g/mol. The van der Waals surface area contributed by atoms with Crippen molar-refractivity contribution < 1.29 is 0 Å². The molecule has 3 aliphatic carbocycles. The highest BCUT2D eigenvalue weighted by Gasteiger charge is 2.24. The Morgan fingerprint density at radius 2 is 1.20 bits per heavy atom. The van der Waals surface area contributed by atoms with Crippen molar-refractivity contribution in [1.82, 2.24) is 0 Å². The van der Waals surface area contributed by atoms with Crippen LogP contribution in [0, 0.1) is 45.3 Å². The second kappa shape index (κ2) is 8.25. The highest BCUT2D eigenvalue weighted by atomic mass is 14.3. The molecule has 0 radical (unpaired) electrons. The van der Waals surface area contributed by atoms with Crippen molar-refractivity contribution in [2.24, 2.45) is 0 Å². The lowest BCUT2D eigenvalue weighted by atomic mass is 9.82. The molecule has 0 fully saturated rings. The van der Waals surface area contributed by atoms with Crippen LogP contribution in [0.15, 0.2) is 35.4 Å². The monoisotopic (exact) mass is 388 g/mol. The van der Waals surface area contributed by atoms with E-state index in [0.29, 0.717) is 22.8 Å². The Morgan fingerprint density at radius 1 is 0.567 bits per heavy atom. The van der Waals surface area contributed by atoms with E-state index in [4.69, 9.17) is 0 Å². The van der Waals surface area contributed by atoms with Crippen molar-refractivity contribution in [2.45, 2.75) is 51.4 Å². The van der Waals surface area contributed by atoms with E-state index in [2.05, 4.69) is 36.4 Å². The summed E-state index contributed by atoms with van der Waals surface area (Å²) in [5, 5.41) is 40.8. The van der Waals surface area contributed by atoms with Gasteiger partial charge in [-0.25, -0.2) is 0 Å². The number of nitrogens with zero attached hydrogens (tertiary/aromatic N) is 4. The SMILES string of the molecule is N#Cc1c(C#N)c2c3c(C#N)ccc(c3c1C#N)CCCC1=CC=C(CCC2)CC1. The van der Waals surface area contributed by atoms with Gasteiger partial charge in [-0.15, -0.1) is 0 Å². The average Bonchev–Trinajstić information content (AvgIpc) is 2.78. The largest absolute Gasteiger partial charge is 0.192 e. The predicted octanol–water partition coefficient (Wildman–Crippen LogP) is 5.63. The van der Waals surface area contributed by atoms with Gasteiger partial charge in [-0.3, -0.25) is 0 Å². The molecule has 0 saturated carbocycles. The summed E-state index contributed by atoms with van der Waals surface area (Å²) in [5.74, 6) is 0. The van der Waals surface area contributed by atoms with Gasteiger partial charge in [-0.2, -0.15) is 21.0 Å². The molecule has 4 nitrogen and oxygen atoms in total. The molecule has 0 spiro atoms. The Bertz CT molecular complexity index is 1280. The van der Waals surface area contributed by atoms with Crippen molar-refractivity contribution in [1.29, 1.82) is 21.0 Å². The third kappa shape index (κ3) is 3.24. The molecule has 6 bridgehead atoms. The number of hydrogen-bond acceptors (Lipinski definition) is 4.